The summed E-state index contributed by atoms with van der Waals surface area (Å²) in [6.45, 7) is 4.80. The quantitative estimate of drug-likeness (QED) is 0.764. The average Bonchev–Trinajstić information content (AvgIpc) is 2.87. The topological polar surface area (TPSA) is 41.6 Å². The summed E-state index contributed by atoms with van der Waals surface area (Å²) >= 11 is 0. The van der Waals surface area contributed by atoms with Crippen molar-refractivity contribution >= 4 is 5.91 Å². The first-order chi connectivity index (χ1) is 7.76. The highest BCUT2D eigenvalue weighted by molar-refractivity contribution is 5.83. The van der Waals surface area contributed by atoms with Crippen LogP contribution in [0.2, 0.25) is 0 Å². The number of likely N-dealkylation sites (N-methyl/N-ethyl adjacent to an activating group) is 1. The van der Waals surface area contributed by atoms with Crippen molar-refractivity contribution in [2.45, 2.75) is 38.3 Å². The zero-order chi connectivity index (χ0) is 11.5. The standard InChI is InChI=1S/C12H22N2O2/c1-3-11-9(5-7-16-11)8-14-6-4-10(13-2)12(14)15/h9-11,13H,3-8H2,1-2H3. The van der Waals surface area contributed by atoms with E-state index in [4.69, 9.17) is 4.74 Å². The van der Waals surface area contributed by atoms with E-state index in [1.165, 1.54) is 0 Å². The molecule has 0 bridgehead atoms. The van der Waals surface area contributed by atoms with E-state index in [1.807, 2.05) is 11.9 Å². The Morgan fingerprint density at radius 3 is 2.94 bits per heavy atom. The van der Waals surface area contributed by atoms with Crippen molar-refractivity contribution in [3.05, 3.63) is 0 Å². The maximum atomic E-state index is 11.9. The third kappa shape index (κ3) is 2.23. The first-order valence-electron chi connectivity index (χ1n) is 6.34. The van der Waals surface area contributed by atoms with Crippen LogP contribution in [0.25, 0.3) is 0 Å². The van der Waals surface area contributed by atoms with E-state index >= 15 is 0 Å². The second kappa shape index (κ2) is 5.15. The Kier molecular flexibility index (Phi) is 3.82. The van der Waals surface area contributed by atoms with Crippen molar-refractivity contribution in [2.75, 3.05) is 26.7 Å². The number of likely N-dealkylation sites (tertiary alicyclic amines) is 1. The normalized spacial score (nSPS) is 35.0. The van der Waals surface area contributed by atoms with Crippen LogP contribution >= 0.6 is 0 Å². The second-order valence-corrected chi connectivity index (χ2v) is 4.78. The molecule has 1 amide bonds. The van der Waals surface area contributed by atoms with E-state index in [9.17, 15) is 4.79 Å². The highest BCUT2D eigenvalue weighted by atomic mass is 16.5. The fourth-order valence-corrected chi connectivity index (χ4v) is 2.82. The van der Waals surface area contributed by atoms with Gasteiger partial charge in [-0.2, -0.15) is 0 Å². The molecule has 2 saturated heterocycles. The average molecular weight is 226 g/mol. The Balaban J connectivity index is 1.88. The van der Waals surface area contributed by atoms with Crippen LogP contribution in [0.1, 0.15) is 26.2 Å². The molecule has 16 heavy (non-hydrogen) atoms. The molecule has 3 unspecified atom stereocenters. The summed E-state index contributed by atoms with van der Waals surface area (Å²) in [7, 11) is 1.86. The van der Waals surface area contributed by atoms with E-state index in [0.717, 1.165) is 39.0 Å². The number of amides is 1. The molecule has 0 aromatic rings. The molecule has 0 aliphatic carbocycles. The fourth-order valence-electron chi connectivity index (χ4n) is 2.82. The molecule has 1 N–H and O–H groups in total. The van der Waals surface area contributed by atoms with E-state index in [0.29, 0.717) is 12.0 Å². The molecule has 3 atom stereocenters. The van der Waals surface area contributed by atoms with E-state index in [1.54, 1.807) is 0 Å². The lowest BCUT2D eigenvalue weighted by molar-refractivity contribution is -0.130. The van der Waals surface area contributed by atoms with E-state index in [-0.39, 0.29) is 11.9 Å². The Morgan fingerprint density at radius 1 is 1.50 bits per heavy atom. The zero-order valence-corrected chi connectivity index (χ0v) is 10.2. The van der Waals surface area contributed by atoms with Crippen LogP contribution in [0.3, 0.4) is 0 Å². The first kappa shape index (κ1) is 11.9. The lowest BCUT2D eigenvalue weighted by atomic mass is 9.99. The zero-order valence-electron chi connectivity index (χ0n) is 10.2. The van der Waals surface area contributed by atoms with Crippen LogP contribution in [-0.2, 0) is 9.53 Å². The maximum absolute atomic E-state index is 11.9. The van der Waals surface area contributed by atoms with Crippen LogP contribution in [0.4, 0.5) is 0 Å². The van der Waals surface area contributed by atoms with Crippen LogP contribution in [0.15, 0.2) is 0 Å². The molecular weight excluding hydrogens is 204 g/mol. The van der Waals surface area contributed by atoms with Crippen molar-refractivity contribution in [2.24, 2.45) is 5.92 Å². The minimum absolute atomic E-state index is 0.0439. The molecule has 0 radical (unpaired) electrons. The van der Waals surface area contributed by atoms with Gasteiger partial charge in [-0.15, -0.1) is 0 Å². The number of ether oxygens (including phenoxy) is 1. The summed E-state index contributed by atoms with van der Waals surface area (Å²) in [6.07, 6.45) is 3.47. The molecule has 2 aliphatic rings. The number of hydrogen-bond acceptors (Lipinski definition) is 3. The van der Waals surface area contributed by atoms with Crippen molar-refractivity contribution in [3.63, 3.8) is 0 Å². The molecule has 2 rings (SSSR count). The predicted molar refractivity (Wildman–Crippen MR) is 62.2 cm³/mol. The van der Waals surface area contributed by atoms with Gasteiger partial charge in [0, 0.05) is 25.6 Å². The van der Waals surface area contributed by atoms with Gasteiger partial charge in [0.25, 0.3) is 0 Å². The number of nitrogens with zero attached hydrogens (tertiary/aromatic N) is 1. The van der Waals surface area contributed by atoms with Gasteiger partial charge in [0.2, 0.25) is 5.91 Å². The van der Waals surface area contributed by atoms with Crippen molar-refractivity contribution in [1.82, 2.24) is 10.2 Å². The number of hydrogen-bond donors (Lipinski definition) is 1. The van der Waals surface area contributed by atoms with Gasteiger partial charge < -0.3 is 15.0 Å². The van der Waals surface area contributed by atoms with Gasteiger partial charge in [-0.25, -0.2) is 0 Å². The van der Waals surface area contributed by atoms with Gasteiger partial charge in [-0.05, 0) is 26.3 Å². The summed E-state index contributed by atoms with van der Waals surface area (Å²) in [6, 6.07) is 0.0439. The molecule has 4 heteroatoms. The van der Waals surface area contributed by atoms with Gasteiger partial charge in [0.15, 0.2) is 0 Å². The lowest BCUT2D eigenvalue weighted by Gasteiger charge is -2.24. The molecular formula is C12H22N2O2. The Morgan fingerprint density at radius 2 is 2.31 bits per heavy atom. The largest absolute Gasteiger partial charge is 0.378 e. The van der Waals surface area contributed by atoms with E-state index < -0.39 is 0 Å². The number of nitrogens with one attached hydrogen (secondary N) is 1. The number of carbonyl (C=O) groups is 1. The van der Waals surface area contributed by atoms with Gasteiger partial charge in [-0.3, -0.25) is 4.79 Å². The second-order valence-electron chi connectivity index (χ2n) is 4.78. The molecule has 0 spiro atoms. The smallest absolute Gasteiger partial charge is 0.239 e. The molecule has 2 fully saturated rings. The molecule has 0 aromatic heterocycles. The summed E-state index contributed by atoms with van der Waals surface area (Å²) in [5.41, 5.74) is 0. The number of carbonyl (C=O) groups excluding carboxylic acids is 1. The minimum atomic E-state index is 0.0439. The Hall–Kier alpha value is -0.610. The number of rotatable bonds is 4. The first-order valence-corrected chi connectivity index (χ1v) is 6.34. The molecule has 0 aromatic carbocycles. The highest BCUT2D eigenvalue weighted by Gasteiger charge is 2.35. The van der Waals surface area contributed by atoms with Gasteiger partial charge in [0.1, 0.15) is 0 Å². The Bertz CT molecular complexity index is 257. The van der Waals surface area contributed by atoms with Crippen LogP contribution in [0.5, 0.6) is 0 Å². The molecule has 4 nitrogen and oxygen atoms in total. The van der Waals surface area contributed by atoms with E-state index in [2.05, 4.69) is 12.2 Å². The van der Waals surface area contributed by atoms with Gasteiger partial charge in [-0.1, -0.05) is 6.92 Å². The van der Waals surface area contributed by atoms with Gasteiger partial charge in [0.05, 0.1) is 12.1 Å². The minimum Gasteiger partial charge on any atom is -0.378 e. The predicted octanol–water partition coefficient (Wildman–Crippen LogP) is 0.622. The summed E-state index contributed by atoms with van der Waals surface area (Å²) in [5, 5.41) is 3.07. The summed E-state index contributed by atoms with van der Waals surface area (Å²) < 4.78 is 5.66. The van der Waals surface area contributed by atoms with Crippen molar-refractivity contribution < 1.29 is 9.53 Å². The third-order valence-corrected chi connectivity index (χ3v) is 3.85. The summed E-state index contributed by atoms with van der Waals surface area (Å²) in [5.74, 6) is 0.814. The van der Waals surface area contributed by atoms with Crippen LogP contribution in [-0.4, -0.2) is 49.7 Å². The monoisotopic (exact) mass is 226 g/mol. The molecule has 2 heterocycles. The van der Waals surface area contributed by atoms with Gasteiger partial charge >= 0.3 is 0 Å². The van der Waals surface area contributed by atoms with Crippen LogP contribution in [0, 0.1) is 5.92 Å². The van der Waals surface area contributed by atoms with Crippen LogP contribution < -0.4 is 5.32 Å². The van der Waals surface area contributed by atoms with Crippen molar-refractivity contribution in [1.29, 1.82) is 0 Å². The molecule has 0 saturated carbocycles. The maximum Gasteiger partial charge on any atom is 0.239 e. The molecule has 92 valence electrons. The van der Waals surface area contributed by atoms with Crippen molar-refractivity contribution in [3.8, 4) is 0 Å². The lowest BCUT2D eigenvalue weighted by Crippen LogP contribution is -2.39. The summed E-state index contributed by atoms with van der Waals surface area (Å²) in [4.78, 5) is 13.9. The highest BCUT2D eigenvalue weighted by Crippen LogP contribution is 2.25. The molecule has 2 aliphatic heterocycles. The fraction of sp³-hybridized carbons (Fsp3) is 0.917. The Labute approximate surface area is 97.3 Å². The SMILES string of the molecule is CCC1OCCC1CN1CCC(NC)C1=O. The third-order valence-electron chi connectivity index (χ3n) is 3.85.